The summed E-state index contributed by atoms with van der Waals surface area (Å²) in [7, 11) is 1.66. The lowest BCUT2D eigenvalue weighted by Crippen LogP contribution is -2.01. The molecule has 0 radical (unpaired) electrons. The van der Waals surface area contributed by atoms with E-state index in [9.17, 15) is 0 Å². The zero-order chi connectivity index (χ0) is 13.9. The molecule has 0 saturated heterocycles. The summed E-state index contributed by atoms with van der Waals surface area (Å²) in [6.45, 7) is 0.463. The molecule has 1 saturated carbocycles. The molecule has 2 aromatic rings. The lowest BCUT2D eigenvalue weighted by atomic mass is 10.2. The second-order valence-corrected chi connectivity index (χ2v) is 5.61. The van der Waals surface area contributed by atoms with Gasteiger partial charge in [0, 0.05) is 12.0 Å². The van der Waals surface area contributed by atoms with Crippen molar-refractivity contribution >= 4 is 15.9 Å². The van der Waals surface area contributed by atoms with Gasteiger partial charge in [-0.15, -0.1) is 0 Å². The monoisotopic (exact) mass is 334 g/mol. The first kappa shape index (κ1) is 13.4. The van der Waals surface area contributed by atoms with Crippen LogP contribution in [0.2, 0.25) is 0 Å². The highest BCUT2D eigenvalue weighted by Gasteiger charge is 2.27. The minimum absolute atomic E-state index is 0.463. The van der Waals surface area contributed by atoms with Crippen molar-refractivity contribution in [2.24, 2.45) is 0 Å². The van der Waals surface area contributed by atoms with Gasteiger partial charge in [-0.3, -0.25) is 0 Å². The summed E-state index contributed by atoms with van der Waals surface area (Å²) in [4.78, 5) is 8.84. The summed E-state index contributed by atoms with van der Waals surface area (Å²) in [5.74, 6) is 2.82. The number of hydrogen-bond acceptors (Lipinski definition) is 4. The van der Waals surface area contributed by atoms with Crippen LogP contribution in [0.3, 0.4) is 0 Å². The number of ether oxygens (including phenoxy) is 2. The highest BCUT2D eigenvalue weighted by molar-refractivity contribution is 9.10. The molecular weight excluding hydrogens is 320 g/mol. The number of methoxy groups -OCH3 is 1. The fourth-order valence-corrected chi connectivity index (χ4v) is 2.31. The SMILES string of the molecule is COc1cccc(COc2cc(Br)nc(C3CC3)n2)c1. The molecule has 0 unspecified atom stereocenters. The highest BCUT2D eigenvalue weighted by Crippen LogP contribution is 2.39. The Morgan fingerprint density at radius 2 is 2.10 bits per heavy atom. The lowest BCUT2D eigenvalue weighted by molar-refractivity contribution is 0.291. The second-order valence-electron chi connectivity index (χ2n) is 4.80. The molecule has 0 atom stereocenters. The summed E-state index contributed by atoms with van der Waals surface area (Å²) < 4.78 is 11.7. The van der Waals surface area contributed by atoms with Gasteiger partial charge in [0.05, 0.1) is 7.11 Å². The predicted molar refractivity (Wildman–Crippen MR) is 79.0 cm³/mol. The molecule has 1 heterocycles. The van der Waals surface area contributed by atoms with E-state index >= 15 is 0 Å². The van der Waals surface area contributed by atoms with E-state index in [1.165, 1.54) is 12.8 Å². The van der Waals surface area contributed by atoms with Crippen molar-refractivity contribution < 1.29 is 9.47 Å². The Bertz CT molecular complexity index is 615. The van der Waals surface area contributed by atoms with Gasteiger partial charge in [-0.25, -0.2) is 4.98 Å². The van der Waals surface area contributed by atoms with Crippen molar-refractivity contribution in [1.29, 1.82) is 0 Å². The third kappa shape index (κ3) is 3.28. The lowest BCUT2D eigenvalue weighted by Gasteiger charge is -2.08. The molecule has 104 valence electrons. The molecule has 0 bridgehead atoms. The molecule has 0 aliphatic heterocycles. The van der Waals surface area contributed by atoms with E-state index < -0.39 is 0 Å². The van der Waals surface area contributed by atoms with Crippen LogP contribution in [-0.4, -0.2) is 17.1 Å². The zero-order valence-electron chi connectivity index (χ0n) is 11.2. The molecule has 0 spiro atoms. The average Bonchev–Trinajstić information content (AvgIpc) is 3.29. The van der Waals surface area contributed by atoms with E-state index in [0.29, 0.717) is 18.4 Å². The second kappa shape index (κ2) is 5.79. The first-order chi connectivity index (χ1) is 9.74. The van der Waals surface area contributed by atoms with Crippen molar-refractivity contribution in [2.45, 2.75) is 25.4 Å². The van der Waals surface area contributed by atoms with E-state index in [1.807, 2.05) is 24.3 Å². The molecule has 0 amide bonds. The smallest absolute Gasteiger partial charge is 0.218 e. The van der Waals surface area contributed by atoms with Crippen molar-refractivity contribution in [3.8, 4) is 11.6 Å². The van der Waals surface area contributed by atoms with Gasteiger partial charge in [0.2, 0.25) is 5.88 Å². The molecule has 1 aliphatic rings. The van der Waals surface area contributed by atoms with Gasteiger partial charge in [0.15, 0.2) is 0 Å². The summed E-state index contributed by atoms with van der Waals surface area (Å²) in [5, 5.41) is 0. The van der Waals surface area contributed by atoms with Crippen molar-refractivity contribution in [3.63, 3.8) is 0 Å². The minimum Gasteiger partial charge on any atom is -0.497 e. The Morgan fingerprint density at radius 3 is 2.85 bits per heavy atom. The van der Waals surface area contributed by atoms with Gasteiger partial charge < -0.3 is 9.47 Å². The van der Waals surface area contributed by atoms with Crippen LogP contribution in [0.4, 0.5) is 0 Å². The van der Waals surface area contributed by atoms with Crippen LogP contribution >= 0.6 is 15.9 Å². The molecule has 20 heavy (non-hydrogen) atoms. The normalized spacial score (nSPS) is 14.1. The molecule has 5 heteroatoms. The molecule has 3 rings (SSSR count). The number of rotatable bonds is 5. The van der Waals surface area contributed by atoms with Crippen LogP contribution < -0.4 is 9.47 Å². The first-order valence-electron chi connectivity index (χ1n) is 6.55. The summed E-state index contributed by atoms with van der Waals surface area (Å²) >= 11 is 3.41. The maximum absolute atomic E-state index is 5.75. The Kier molecular flexibility index (Phi) is 3.87. The summed E-state index contributed by atoms with van der Waals surface area (Å²) in [6, 6.07) is 9.61. The van der Waals surface area contributed by atoms with E-state index in [-0.39, 0.29) is 0 Å². The van der Waals surface area contributed by atoms with Gasteiger partial charge in [0.25, 0.3) is 0 Å². The highest BCUT2D eigenvalue weighted by atomic mass is 79.9. The molecule has 1 aromatic carbocycles. The van der Waals surface area contributed by atoms with Crippen LogP contribution in [0, 0.1) is 0 Å². The molecule has 1 fully saturated rings. The van der Waals surface area contributed by atoms with Gasteiger partial charge in [-0.2, -0.15) is 4.98 Å². The van der Waals surface area contributed by atoms with Crippen LogP contribution in [0.1, 0.15) is 30.1 Å². The van der Waals surface area contributed by atoms with Crippen molar-refractivity contribution in [1.82, 2.24) is 9.97 Å². The third-order valence-electron chi connectivity index (χ3n) is 3.15. The van der Waals surface area contributed by atoms with E-state index in [1.54, 1.807) is 13.2 Å². The number of nitrogens with zero attached hydrogens (tertiary/aromatic N) is 2. The third-order valence-corrected chi connectivity index (χ3v) is 3.56. The Morgan fingerprint density at radius 1 is 1.25 bits per heavy atom. The Hall–Kier alpha value is -1.62. The molecule has 0 N–H and O–H groups in total. The van der Waals surface area contributed by atoms with Crippen LogP contribution in [0.5, 0.6) is 11.6 Å². The average molecular weight is 335 g/mol. The molecule has 4 nitrogen and oxygen atoms in total. The Labute approximate surface area is 126 Å². The standard InChI is InChI=1S/C15H15BrN2O2/c1-19-12-4-2-3-10(7-12)9-20-14-8-13(16)17-15(18-14)11-5-6-11/h2-4,7-8,11H,5-6,9H2,1H3. The number of halogens is 1. The largest absolute Gasteiger partial charge is 0.497 e. The number of aromatic nitrogens is 2. The molecule has 1 aromatic heterocycles. The van der Waals surface area contributed by atoms with Crippen molar-refractivity contribution in [2.75, 3.05) is 7.11 Å². The van der Waals surface area contributed by atoms with Crippen molar-refractivity contribution in [3.05, 3.63) is 46.3 Å². The van der Waals surface area contributed by atoms with Gasteiger partial charge in [-0.1, -0.05) is 12.1 Å². The molecule has 1 aliphatic carbocycles. The summed E-state index contributed by atoms with van der Waals surface area (Å²) in [5.41, 5.74) is 1.05. The van der Waals surface area contributed by atoms with Crippen LogP contribution in [0.25, 0.3) is 0 Å². The fraction of sp³-hybridized carbons (Fsp3) is 0.333. The summed E-state index contributed by atoms with van der Waals surface area (Å²) in [6.07, 6.45) is 2.34. The quantitative estimate of drug-likeness (QED) is 0.782. The zero-order valence-corrected chi connectivity index (χ0v) is 12.8. The molecular formula is C15H15BrN2O2. The predicted octanol–water partition coefficient (Wildman–Crippen LogP) is 3.70. The number of hydrogen-bond donors (Lipinski definition) is 0. The van der Waals surface area contributed by atoms with E-state index in [4.69, 9.17) is 9.47 Å². The Balaban J connectivity index is 1.71. The fourth-order valence-electron chi connectivity index (χ4n) is 1.93. The van der Waals surface area contributed by atoms with E-state index in [0.717, 1.165) is 21.7 Å². The van der Waals surface area contributed by atoms with Gasteiger partial charge >= 0.3 is 0 Å². The van der Waals surface area contributed by atoms with E-state index in [2.05, 4.69) is 25.9 Å². The first-order valence-corrected chi connectivity index (χ1v) is 7.34. The van der Waals surface area contributed by atoms with Gasteiger partial charge in [-0.05, 0) is 46.5 Å². The maximum atomic E-state index is 5.75. The van der Waals surface area contributed by atoms with Crippen LogP contribution in [0.15, 0.2) is 34.9 Å². The minimum atomic E-state index is 0.463. The van der Waals surface area contributed by atoms with Crippen LogP contribution in [-0.2, 0) is 6.61 Å². The number of benzene rings is 1. The topological polar surface area (TPSA) is 44.2 Å². The van der Waals surface area contributed by atoms with Gasteiger partial charge in [0.1, 0.15) is 22.8 Å². The maximum Gasteiger partial charge on any atom is 0.218 e.